The molecule has 0 aliphatic heterocycles. The minimum atomic E-state index is -4.06. The summed E-state index contributed by atoms with van der Waals surface area (Å²) in [4.78, 5) is 12.3. The molecule has 2 aromatic carbocycles. The zero-order valence-corrected chi connectivity index (χ0v) is 17.0. The number of rotatable bonds is 6. The third-order valence-corrected chi connectivity index (χ3v) is 5.89. The van der Waals surface area contributed by atoms with Crippen molar-refractivity contribution in [3.8, 4) is 11.6 Å². The van der Waals surface area contributed by atoms with Crippen LogP contribution in [0.4, 0.5) is 5.82 Å². The number of ether oxygens (including phenoxy) is 2. The highest BCUT2D eigenvalue weighted by Crippen LogP contribution is 2.23. The molecule has 0 saturated carbocycles. The summed E-state index contributed by atoms with van der Waals surface area (Å²) in [5.41, 5.74) is 7.20. The SMILES string of the molecule is COc1ccc(S(=O)(=O)n2nc(OC(=O)c3ccc(C(C)C)cc3)cc2N)cc1. The van der Waals surface area contributed by atoms with Crippen molar-refractivity contribution in [2.24, 2.45) is 0 Å². The van der Waals surface area contributed by atoms with Gasteiger partial charge in [-0.05, 0) is 47.9 Å². The minimum Gasteiger partial charge on any atom is -0.497 e. The Morgan fingerprint density at radius 3 is 2.24 bits per heavy atom. The van der Waals surface area contributed by atoms with Gasteiger partial charge in [0.15, 0.2) is 0 Å². The molecule has 0 aliphatic carbocycles. The molecule has 1 aromatic heterocycles. The number of aromatic nitrogens is 2. The Kier molecular flexibility index (Phi) is 5.60. The lowest BCUT2D eigenvalue weighted by Gasteiger charge is -2.07. The van der Waals surface area contributed by atoms with Crippen LogP contribution in [0.15, 0.2) is 59.5 Å². The number of carbonyl (C=O) groups excluding carboxylic acids is 1. The van der Waals surface area contributed by atoms with E-state index >= 15 is 0 Å². The molecule has 3 rings (SSSR count). The van der Waals surface area contributed by atoms with Crippen molar-refractivity contribution >= 4 is 21.8 Å². The van der Waals surface area contributed by atoms with Crippen molar-refractivity contribution in [3.63, 3.8) is 0 Å². The van der Waals surface area contributed by atoms with Crippen LogP contribution < -0.4 is 15.2 Å². The summed E-state index contributed by atoms with van der Waals surface area (Å²) in [5.74, 6) is -0.211. The van der Waals surface area contributed by atoms with Gasteiger partial charge in [0.1, 0.15) is 11.6 Å². The standard InChI is InChI=1S/C20H21N3O5S/c1-13(2)14-4-6-15(7-5-14)20(24)28-19-12-18(21)23(22-19)29(25,26)17-10-8-16(27-3)9-11-17/h4-13H,21H2,1-3H3. The van der Waals surface area contributed by atoms with E-state index in [1.165, 1.54) is 37.4 Å². The van der Waals surface area contributed by atoms with Gasteiger partial charge in [0, 0.05) is 6.07 Å². The Labute approximate surface area is 168 Å². The number of hydrogen-bond donors (Lipinski definition) is 1. The molecule has 0 amide bonds. The topological polar surface area (TPSA) is 114 Å². The molecule has 0 radical (unpaired) electrons. The number of methoxy groups -OCH3 is 1. The zero-order chi connectivity index (χ0) is 21.2. The fraction of sp³-hybridized carbons (Fsp3) is 0.200. The molecular formula is C20H21N3O5S. The van der Waals surface area contributed by atoms with E-state index in [9.17, 15) is 13.2 Å². The maximum Gasteiger partial charge on any atom is 0.344 e. The molecule has 0 unspecified atom stereocenters. The maximum atomic E-state index is 12.8. The van der Waals surface area contributed by atoms with E-state index in [0.717, 1.165) is 5.56 Å². The second-order valence-electron chi connectivity index (χ2n) is 6.60. The van der Waals surface area contributed by atoms with Crippen molar-refractivity contribution in [2.45, 2.75) is 24.7 Å². The first-order chi connectivity index (χ1) is 13.7. The fourth-order valence-corrected chi connectivity index (χ4v) is 3.80. The van der Waals surface area contributed by atoms with Gasteiger partial charge in [0.2, 0.25) is 5.88 Å². The molecule has 0 aliphatic rings. The van der Waals surface area contributed by atoms with Crippen LogP contribution in [0.1, 0.15) is 35.7 Å². The lowest BCUT2D eigenvalue weighted by Crippen LogP contribution is -2.17. The van der Waals surface area contributed by atoms with E-state index in [4.69, 9.17) is 15.2 Å². The van der Waals surface area contributed by atoms with E-state index in [1.54, 1.807) is 12.1 Å². The summed E-state index contributed by atoms with van der Waals surface area (Å²) < 4.78 is 36.4. The molecule has 1 heterocycles. The third-order valence-electron chi connectivity index (χ3n) is 4.28. The fourth-order valence-electron chi connectivity index (χ4n) is 2.61. The average Bonchev–Trinajstić information content (AvgIpc) is 3.08. The molecule has 3 aromatic rings. The van der Waals surface area contributed by atoms with E-state index in [-0.39, 0.29) is 16.6 Å². The first-order valence-electron chi connectivity index (χ1n) is 8.79. The van der Waals surface area contributed by atoms with E-state index in [2.05, 4.69) is 5.10 Å². The summed E-state index contributed by atoms with van der Waals surface area (Å²) in [6, 6.07) is 13.9. The van der Waals surface area contributed by atoms with Gasteiger partial charge < -0.3 is 15.2 Å². The normalized spacial score (nSPS) is 11.4. The Morgan fingerprint density at radius 2 is 1.69 bits per heavy atom. The molecule has 0 spiro atoms. The number of hydrogen-bond acceptors (Lipinski definition) is 7. The second-order valence-corrected chi connectivity index (χ2v) is 8.36. The molecule has 8 nitrogen and oxygen atoms in total. The van der Waals surface area contributed by atoms with Crippen molar-refractivity contribution in [1.29, 1.82) is 0 Å². The highest BCUT2D eigenvalue weighted by molar-refractivity contribution is 7.90. The molecule has 0 atom stereocenters. The predicted molar refractivity (Wildman–Crippen MR) is 108 cm³/mol. The summed E-state index contributed by atoms with van der Waals surface area (Å²) in [6.07, 6.45) is 0. The highest BCUT2D eigenvalue weighted by atomic mass is 32.2. The molecule has 2 N–H and O–H groups in total. The Bertz CT molecular complexity index is 1120. The second kappa shape index (κ2) is 7.96. The highest BCUT2D eigenvalue weighted by Gasteiger charge is 2.23. The summed E-state index contributed by atoms with van der Waals surface area (Å²) in [6.45, 7) is 4.10. The van der Waals surface area contributed by atoms with Crippen LogP contribution in [-0.2, 0) is 10.0 Å². The van der Waals surface area contributed by atoms with Gasteiger partial charge in [0.25, 0.3) is 10.0 Å². The molecular weight excluding hydrogens is 394 g/mol. The number of carbonyl (C=O) groups is 1. The molecule has 152 valence electrons. The first kappa shape index (κ1) is 20.4. The van der Waals surface area contributed by atoms with Gasteiger partial charge in [-0.2, -0.15) is 8.42 Å². The van der Waals surface area contributed by atoms with Crippen LogP contribution in [-0.4, -0.2) is 30.7 Å². The van der Waals surface area contributed by atoms with Gasteiger partial charge in [-0.3, -0.25) is 0 Å². The number of benzene rings is 2. The average molecular weight is 415 g/mol. The van der Waals surface area contributed by atoms with E-state index < -0.39 is 16.0 Å². The summed E-state index contributed by atoms with van der Waals surface area (Å²) in [7, 11) is -2.58. The van der Waals surface area contributed by atoms with Crippen LogP contribution in [0.5, 0.6) is 11.6 Å². The molecule has 9 heteroatoms. The summed E-state index contributed by atoms with van der Waals surface area (Å²) >= 11 is 0. The van der Waals surface area contributed by atoms with Crippen molar-refractivity contribution in [3.05, 3.63) is 65.7 Å². The monoisotopic (exact) mass is 415 g/mol. The van der Waals surface area contributed by atoms with Crippen LogP contribution in [0.25, 0.3) is 0 Å². The number of nitrogens with two attached hydrogens (primary N) is 1. The van der Waals surface area contributed by atoms with Gasteiger partial charge in [0.05, 0.1) is 17.6 Å². The lowest BCUT2D eigenvalue weighted by atomic mass is 10.0. The predicted octanol–water partition coefficient (Wildman–Crippen LogP) is 3.05. The van der Waals surface area contributed by atoms with Crippen molar-refractivity contribution in [2.75, 3.05) is 12.8 Å². The molecule has 0 saturated heterocycles. The smallest absolute Gasteiger partial charge is 0.344 e. The quantitative estimate of drug-likeness (QED) is 0.616. The number of nitrogen functional groups attached to an aromatic ring is 1. The van der Waals surface area contributed by atoms with Crippen LogP contribution in [0.2, 0.25) is 0 Å². The first-order valence-corrected chi connectivity index (χ1v) is 10.2. The van der Waals surface area contributed by atoms with Gasteiger partial charge in [-0.25, -0.2) is 4.79 Å². The third kappa shape index (κ3) is 4.24. The van der Waals surface area contributed by atoms with Crippen LogP contribution >= 0.6 is 0 Å². The Morgan fingerprint density at radius 1 is 1.07 bits per heavy atom. The molecule has 0 bridgehead atoms. The van der Waals surface area contributed by atoms with Crippen molar-refractivity contribution in [1.82, 2.24) is 9.19 Å². The van der Waals surface area contributed by atoms with E-state index in [0.29, 0.717) is 21.3 Å². The van der Waals surface area contributed by atoms with Gasteiger partial charge >= 0.3 is 5.97 Å². The van der Waals surface area contributed by atoms with Crippen LogP contribution in [0.3, 0.4) is 0 Å². The summed E-state index contributed by atoms with van der Waals surface area (Å²) in [5, 5.41) is 3.84. The Balaban J connectivity index is 1.83. The minimum absolute atomic E-state index is 0.0322. The van der Waals surface area contributed by atoms with Crippen molar-refractivity contribution < 1.29 is 22.7 Å². The van der Waals surface area contributed by atoms with Gasteiger partial charge in [-0.15, -0.1) is 9.19 Å². The largest absolute Gasteiger partial charge is 0.497 e. The Hall–Kier alpha value is -3.33. The lowest BCUT2D eigenvalue weighted by molar-refractivity contribution is 0.0727. The van der Waals surface area contributed by atoms with Crippen LogP contribution in [0, 0.1) is 0 Å². The number of nitrogens with zero attached hydrogens (tertiary/aromatic N) is 2. The molecule has 0 fully saturated rings. The van der Waals surface area contributed by atoms with E-state index in [1.807, 2.05) is 26.0 Å². The molecule has 29 heavy (non-hydrogen) atoms. The number of anilines is 1. The van der Waals surface area contributed by atoms with Gasteiger partial charge in [-0.1, -0.05) is 26.0 Å². The zero-order valence-electron chi connectivity index (χ0n) is 16.2. The number of esters is 1. The maximum absolute atomic E-state index is 12.8.